The van der Waals surface area contributed by atoms with Crippen molar-refractivity contribution in [3.63, 3.8) is 0 Å². The molecule has 0 unspecified atom stereocenters. The standard InChI is InChI=1S/C18H22N4O2S/c23-17(19-11-15-20-21-18(25)22(15)13-8-9-13)14-7-4-10-24-16(14)12-5-2-1-3-6-12/h1-3,5-6,13-14,16H,4,7-11H2,(H,19,23)(H,21,25)/t14-,16-/m1/s1. The zero-order valence-electron chi connectivity index (χ0n) is 14.0. The molecule has 0 radical (unpaired) electrons. The van der Waals surface area contributed by atoms with E-state index in [4.69, 9.17) is 17.0 Å². The van der Waals surface area contributed by atoms with E-state index in [2.05, 4.69) is 15.5 Å². The van der Waals surface area contributed by atoms with Gasteiger partial charge < -0.3 is 10.1 Å². The second-order valence-electron chi connectivity index (χ2n) is 6.71. The van der Waals surface area contributed by atoms with Crippen molar-refractivity contribution in [2.45, 2.75) is 44.4 Å². The van der Waals surface area contributed by atoms with Crippen LogP contribution in [-0.4, -0.2) is 27.3 Å². The van der Waals surface area contributed by atoms with Crippen LogP contribution >= 0.6 is 12.2 Å². The topological polar surface area (TPSA) is 71.9 Å². The minimum Gasteiger partial charge on any atom is -0.373 e. The molecule has 2 aliphatic rings. The molecular weight excluding hydrogens is 336 g/mol. The van der Waals surface area contributed by atoms with Gasteiger partial charge in [0.05, 0.1) is 18.6 Å². The van der Waals surface area contributed by atoms with E-state index in [-0.39, 0.29) is 17.9 Å². The molecule has 4 rings (SSSR count). The van der Waals surface area contributed by atoms with Gasteiger partial charge in [-0.2, -0.15) is 5.10 Å². The quantitative estimate of drug-likeness (QED) is 0.806. The average Bonchev–Trinajstić information content (AvgIpc) is 3.43. The lowest BCUT2D eigenvalue weighted by atomic mass is 9.89. The van der Waals surface area contributed by atoms with Crippen LogP contribution in [0.5, 0.6) is 0 Å². The molecule has 132 valence electrons. The van der Waals surface area contributed by atoms with E-state index in [0.717, 1.165) is 37.1 Å². The maximum absolute atomic E-state index is 12.8. The number of rotatable bonds is 5. The summed E-state index contributed by atoms with van der Waals surface area (Å²) in [6.45, 7) is 1.09. The largest absolute Gasteiger partial charge is 0.373 e. The summed E-state index contributed by atoms with van der Waals surface area (Å²) in [6.07, 6.45) is 3.81. The summed E-state index contributed by atoms with van der Waals surface area (Å²) < 4.78 is 8.58. The van der Waals surface area contributed by atoms with Gasteiger partial charge in [0.15, 0.2) is 10.6 Å². The number of H-pyrrole nitrogens is 1. The number of hydrogen-bond acceptors (Lipinski definition) is 4. The van der Waals surface area contributed by atoms with Crippen LogP contribution in [0, 0.1) is 10.7 Å². The van der Waals surface area contributed by atoms with E-state index in [1.165, 1.54) is 0 Å². The van der Waals surface area contributed by atoms with Crippen LogP contribution < -0.4 is 5.32 Å². The molecule has 2 aromatic rings. The molecule has 2 N–H and O–H groups in total. The molecule has 1 amide bonds. The number of aromatic amines is 1. The Kier molecular flexibility index (Phi) is 4.67. The van der Waals surface area contributed by atoms with Gasteiger partial charge in [-0.05, 0) is 43.5 Å². The molecule has 25 heavy (non-hydrogen) atoms. The molecule has 7 heteroatoms. The maximum atomic E-state index is 12.8. The van der Waals surface area contributed by atoms with E-state index in [1.807, 2.05) is 34.9 Å². The van der Waals surface area contributed by atoms with Gasteiger partial charge in [0.2, 0.25) is 5.91 Å². The van der Waals surface area contributed by atoms with Crippen LogP contribution in [0.15, 0.2) is 30.3 Å². The molecule has 2 fully saturated rings. The third-order valence-electron chi connectivity index (χ3n) is 4.90. The Morgan fingerprint density at radius 1 is 1.32 bits per heavy atom. The summed E-state index contributed by atoms with van der Waals surface area (Å²) >= 11 is 5.29. The van der Waals surface area contributed by atoms with Gasteiger partial charge in [0.1, 0.15) is 0 Å². The predicted octanol–water partition coefficient (Wildman–Crippen LogP) is 3.06. The third-order valence-corrected chi connectivity index (χ3v) is 5.19. The van der Waals surface area contributed by atoms with Gasteiger partial charge in [0, 0.05) is 12.6 Å². The smallest absolute Gasteiger partial charge is 0.226 e. The first-order valence-electron chi connectivity index (χ1n) is 8.84. The lowest BCUT2D eigenvalue weighted by Crippen LogP contribution is -2.37. The van der Waals surface area contributed by atoms with Gasteiger partial charge in [0.25, 0.3) is 0 Å². The van der Waals surface area contributed by atoms with Crippen LogP contribution in [0.1, 0.15) is 49.2 Å². The monoisotopic (exact) mass is 358 g/mol. The first kappa shape index (κ1) is 16.5. The fraction of sp³-hybridized carbons (Fsp3) is 0.500. The summed E-state index contributed by atoms with van der Waals surface area (Å²) in [4.78, 5) is 12.8. The van der Waals surface area contributed by atoms with Crippen LogP contribution in [0.3, 0.4) is 0 Å². The molecule has 1 aliphatic carbocycles. The van der Waals surface area contributed by atoms with Crippen molar-refractivity contribution >= 4 is 18.1 Å². The van der Waals surface area contributed by atoms with Gasteiger partial charge >= 0.3 is 0 Å². The Morgan fingerprint density at radius 3 is 2.88 bits per heavy atom. The fourth-order valence-corrected chi connectivity index (χ4v) is 3.79. The Morgan fingerprint density at radius 2 is 2.12 bits per heavy atom. The van der Waals surface area contributed by atoms with Crippen molar-refractivity contribution in [1.29, 1.82) is 0 Å². The highest BCUT2D eigenvalue weighted by Gasteiger charge is 2.33. The molecule has 1 aromatic carbocycles. The van der Waals surface area contributed by atoms with Crippen molar-refractivity contribution < 1.29 is 9.53 Å². The fourth-order valence-electron chi connectivity index (χ4n) is 3.49. The predicted molar refractivity (Wildman–Crippen MR) is 95.4 cm³/mol. The first-order chi connectivity index (χ1) is 12.2. The number of ether oxygens (including phenoxy) is 1. The van der Waals surface area contributed by atoms with Crippen molar-refractivity contribution in [2.24, 2.45) is 5.92 Å². The lowest BCUT2D eigenvalue weighted by molar-refractivity contribution is -0.135. The molecule has 6 nitrogen and oxygen atoms in total. The highest BCUT2D eigenvalue weighted by Crippen LogP contribution is 2.36. The Bertz CT molecular complexity index is 797. The summed E-state index contributed by atoms with van der Waals surface area (Å²) in [5.41, 5.74) is 1.06. The second-order valence-corrected chi connectivity index (χ2v) is 7.10. The SMILES string of the molecule is O=C(NCc1n[nH]c(=S)n1C1CC1)[C@@H]1CCCO[C@@H]1c1ccccc1. The molecule has 1 aromatic heterocycles. The molecule has 1 saturated carbocycles. The van der Waals surface area contributed by atoms with Crippen molar-refractivity contribution in [2.75, 3.05) is 6.61 Å². The van der Waals surface area contributed by atoms with Crippen LogP contribution in [0.2, 0.25) is 0 Å². The van der Waals surface area contributed by atoms with E-state index >= 15 is 0 Å². The minimum atomic E-state index is -0.181. The number of hydrogen-bond donors (Lipinski definition) is 2. The number of nitrogens with zero attached hydrogens (tertiary/aromatic N) is 2. The first-order valence-corrected chi connectivity index (χ1v) is 9.25. The Labute approximate surface area is 151 Å². The van der Waals surface area contributed by atoms with Gasteiger partial charge in [-0.3, -0.25) is 14.5 Å². The van der Waals surface area contributed by atoms with Gasteiger partial charge in [-0.15, -0.1) is 0 Å². The third kappa shape index (κ3) is 3.52. The number of nitrogens with one attached hydrogen (secondary N) is 2. The number of amides is 1. The second kappa shape index (κ2) is 7.09. The number of carbonyl (C=O) groups excluding carboxylic acids is 1. The van der Waals surface area contributed by atoms with Crippen LogP contribution in [0.4, 0.5) is 0 Å². The molecule has 2 atom stereocenters. The summed E-state index contributed by atoms with van der Waals surface area (Å²) in [7, 11) is 0. The van der Waals surface area contributed by atoms with Crippen molar-refractivity contribution in [3.05, 3.63) is 46.5 Å². The summed E-state index contributed by atoms with van der Waals surface area (Å²) in [5.74, 6) is 0.645. The molecule has 1 saturated heterocycles. The maximum Gasteiger partial charge on any atom is 0.226 e. The van der Waals surface area contributed by atoms with Crippen molar-refractivity contribution in [1.82, 2.24) is 20.1 Å². The lowest BCUT2D eigenvalue weighted by Gasteiger charge is -2.31. The highest BCUT2D eigenvalue weighted by molar-refractivity contribution is 7.71. The molecule has 2 heterocycles. The summed E-state index contributed by atoms with van der Waals surface area (Å²) in [6, 6.07) is 10.4. The van der Waals surface area contributed by atoms with Crippen molar-refractivity contribution in [3.8, 4) is 0 Å². The van der Waals surface area contributed by atoms with E-state index in [0.29, 0.717) is 24.0 Å². The zero-order valence-corrected chi connectivity index (χ0v) is 14.8. The minimum absolute atomic E-state index is 0.0184. The van der Waals surface area contributed by atoms with E-state index < -0.39 is 0 Å². The molecule has 1 aliphatic heterocycles. The van der Waals surface area contributed by atoms with E-state index in [1.54, 1.807) is 0 Å². The number of aromatic nitrogens is 3. The Hall–Kier alpha value is -1.99. The molecular formula is C18H22N4O2S. The summed E-state index contributed by atoms with van der Waals surface area (Å²) in [5, 5.41) is 10.1. The van der Waals surface area contributed by atoms with Gasteiger partial charge in [-0.1, -0.05) is 30.3 Å². The van der Waals surface area contributed by atoms with Gasteiger partial charge in [-0.25, -0.2) is 0 Å². The number of carbonyl (C=O) groups is 1. The highest BCUT2D eigenvalue weighted by atomic mass is 32.1. The normalized spacial score (nSPS) is 23.4. The van der Waals surface area contributed by atoms with Crippen LogP contribution in [-0.2, 0) is 16.1 Å². The van der Waals surface area contributed by atoms with E-state index in [9.17, 15) is 4.79 Å². The average molecular weight is 358 g/mol. The molecule has 0 bridgehead atoms. The molecule has 0 spiro atoms. The number of benzene rings is 1. The Balaban J connectivity index is 1.45. The van der Waals surface area contributed by atoms with Crippen LogP contribution in [0.25, 0.3) is 0 Å². The zero-order chi connectivity index (χ0) is 17.2.